The lowest BCUT2D eigenvalue weighted by molar-refractivity contribution is -0.384. The highest BCUT2D eigenvalue weighted by Crippen LogP contribution is 2.27. The molecule has 1 saturated heterocycles. The van der Waals surface area contributed by atoms with Gasteiger partial charge in [0.1, 0.15) is 6.54 Å². The molecular weight excluding hydrogens is 410 g/mol. The van der Waals surface area contributed by atoms with Crippen LogP contribution in [0.1, 0.15) is 18.4 Å². The third-order valence-corrected chi connectivity index (χ3v) is 6.56. The maximum atomic E-state index is 13.3. The number of ether oxygens (including phenoxy) is 1. The molecule has 1 heterocycles. The molecule has 160 valence electrons. The fourth-order valence-electron chi connectivity index (χ4n) is 3.13. The molecule has 0 unspecified atom stereocenters. The topological polar surface area (TPSA) is 119 Å². The van der Waals surface area contributed by atoms with Crippen molar-refractivity contribution >= 4 is 27.3 Å². The van der Waals surface area contributed by atoms with E-state index in [9.17, 15) is 23.3 Å². The Hall–Kier alpha value is -2.98. The molecule has 3 rings (SSSR count). The van der Waals surface area contributed by atoms with Crippen LogP contribution in [0.4, 0.5) is 11.4 Å². The monoisotopic (exact) mass is 433 g/mol. The average molecular weight is 433 g/mol. The van der Waals surface area contributed by atoms with Crippen molar-refractivity contribution in [3.05, 3.63) is 64.2 Å². The van der Waals surface area contributed by atoms with Crippen molar-refractivity contribution in [2.75, 3.05) is 24.0 Å². The molecule has 2 aromatic carbocycles. The van der Waals surface area contributed by atoms with Crippen LogP contribution in [0.25, 0.3) is 0 Å². The fourth-order valence-corrected chi connectivity index (χ4v) is 4.55. The molecule has 9 nitrogen and oxygen atoms in total. The third-order valence-electron chi connectivity index (χ3n) is 4.78. The number of aryl methyl sites for hydroxylation is 1. The van der Waals surface area contributed by atoms with E-state index in [0.717, 1.165) is 28.8 Å². The molecule has 1 amide bonds. The first-order chi connectivity index (χ1) is 14.3. The normalized spacial score (nSPS) is 16.2. The van der Waals surface area contributed by atoms with Gasteiger partial charge < -0.3 is 10.1 Å². The number of non-ortho nitro benzene ring substituents is 1. The largest absolute Gasteiger partial charge is 0.376 e. The Bertz CT molecular complexity index is 1020. The summed E-state index contributed by atoms with van der Waals surface area (Å²) in [6.07, 6.45) is 1.66. The quantitative estimate of drug-likeness (QED) is 0.504. The molecule has 1 fully saturated rings. The Balaban J connectivity index is 1.89. The lowest BCUT2D eigenvalue weighted by atomic mass is 10.2. The zero-order chi connectivity index (χ0) is 21.7. The number of anilines is 1. The number of sulfonamides is 1. The van der Waals surface area contributed by atoms with E-state index in [-0.39, 0.29) is 28.9 Å². The number of nitro groups is 1. The summed E-state index contributed by atoms with van der Waals surface area (Å²) < 4.78 is 32.9. The molecule has 30 heavy (non-hydrogen) atoms. The summed E-state index contributed by atoms with van der Waals surface area (Å²) >= 11 is 0. The lowest BCUT2D eigenvalue weighted by Crippen LogP contribution is -2.42. The van der Waals surface area contributed by atoms with Gasteiger partial charge in [0.05, 0.1) is 21.6 Å². The standard InChI is InChI=1S/C20H23N3O6S/c1-15-7-9-19(10-8-15)30(27,28)22(16-4-2-5-17(12-16)23(25)26)14-20(24)21-13-18-6-3-11-29-18/h2,4-5,7-10,12,18H,3,6,11,13-14H2,1H3,(H,21,24)/t18-/m0/s1. The van der Waals surface area contributed by atoms with Gasteiger partial charge in [-0.15, -0.1) is 0 Å². The molecule has 1 atom stereocenters. The van der Waals surface area contributed by atoms with Crippen molar-refractivity contribution in [3.8, 4) is 0 Å². The SMILES string of the molecule is Cc1ccc(S(=O)(=O)N(CC(=O)NC[C@@H]2CCCO2)c2cccc([N+](=O)[O-])c2)cc1. The first-order valence-electron chi connectivity index (χ1n) is 9.49. The maximum absolute atomic E-state index is 13.3. The van der Waals surface area contributed by atoms with Crippen LogP contribution >= 0.6 is 0 Å². The van der Waals surface area contributed by atoms with Gasteiger partial charge in [0.25, 0.3) is 15.7 Å². The van der Waals surface area contributed by atoms with Crippen LogP contribution in [0.3, 0.4) is 0 Å². The Kier molecular flexibility index (Phi) is 6.68. The third kappa shape index (κ3) is 5.14. The second-order valence-corrected chi connectivity index (χ2v) is 8.90. The van der Waals surface area contributed by atoms with Gasteiger partial charge >= 0.3 is 0 Å². The number of carbonyl (C=O) groups excluding carboxylic acids is 1. The predicted molar refractivity (Wildman–Crippen MR) is 111 cm³/mol. The number of hydrogen-bond donors (Lipinski definition) is 1. The average Bonchev–Trinajstić information content (AvgIpc) is 3.24. The summed E-state index contributed by atoms with van der Waals surface area (Å²) in [5.74, 6) is -0.521. The molecule has 10 heteroatoms. The zero-order valence-corrected chi connectivity index (χ0v) is 17.3. The van der Waals surface area contributed by atoms with Crippen molar-refractivity contribution in [1.29, 1.82) is 0 Å². The molecule has 1 N–H and O–H groups in total. The molecule has 0 aliphatic carbocycles. The molecule has 0 bridgehead atoms. The highest BCUT2D eigenvalue weighted by atomic mass is 32.2. The number of rotatable bonds is 8. The van der Waals surface area contributed by atoms with Gasteiger partial charge in [-0.25, -0.2) is 8.42 Å². The lowest BCUT2D eigenvalue weighted by Gasteiger charge is -2.24. The summed E-state index contributed by atoms with van der Waals surface area (Å²) in [7, 11) is -4.13. The van der Waals surface area contributed by atoms with Crippen LogP contribution in [0, 0.1) is 17.0 Å². The minimum atomic E-state index is -4.13. The zero-order valence-electron chi connectivity index (χ0n) is 16.5. The highest BCUT2D eigenvalue weighted by molar-refractivity contribution is 7.92. The Morgan fingerprint density at radius 3 is 2.63 bits per heavy atom. The number of hydrogen-bond acceptors (Lipinski definition) is 6. The second kappa shape index (κ2) is 9.23. The van der Waals surface area contributed by atoms with E-state index in [4.69, 9.17) is 4.74 Å². The highest BCUT2D eigenvalue weighted by Gasteiger charge is 2.28. The Labute approximate surface area is 174 Å². The van der Waals surface area contributed by atoms with Crippen molar-refractivity contribution in [1.82, 2.24) is 5.32 Å². The molecule has 1 aliphatic rings. The van der Waals surface area contributed by atoms with Crippen molar-refractivity contribution in [2.45, 2.75) is 30.8 Å². The van der Waals surface area contributed by atoms with Crippen molar-refractivity contribution < 1.29 is 22.9 Å². The van der Waals surface area contributed by atoms with E-state index >= 15 is 0 Å². The van der Waals surface area contributed by atoms with Crippen molar-refractivity contribution in [3.63, 3.8) is 0 Å². The predicted octanol–water partition coefficient (Wildman–Crippen LogP) is 2.39. The van der Waals surface area contributed by atoms with Crippen LogP contribution in [0.2, 0.25) is 0 Å². The van der Waals surface area contributed by atoms with E-state index in [1.165, 1.54) is 30.3 Å². The van der Waals surface area contributed by atoms with E-state index in [0.29, 0.717) is 6.61 Å². The number of carbonyl (C=O) groups is 1. The van der Waals surface area contributed by atoms with Gasteiger partial charge in [0.15, 0.2) is 0 Å². The summed E-state index contributed by atoms with van der Waals surface area (Å²) in [5, 5.41) is 13.8. The number of amides is 1. The molecule has 0 spiro atoms. The number of nitrogens with zero attached hydrogens (tertiary/aromatic N) is 2. The van der Waals surface area contributed by atoms with Crippen LogP contribution in [0.15, 0.2) is 53.4 Å². The molecular formula is C20H23N3O6S. The first-order valence-corrected chi connectivity index (χ1v) is 10.9. The summed E-state index contributed by atoms with van der Waals surface area (Å²) in [6, 6.07) is 11.4. The van der Waals surface area contributed by atoms with E-state index in [2.05, 4.69) is 5.32 Å². The number of nitro benzene ring substituents is 1. The molecule has 2 aromatic rings. The first kappa shape index (κ1) is 21.7. The van der Waals surface area contributed by atoms with Crippen molar-refractivity contribution in [2.24, 2.45) is 0 Å². The van der Waals surface area contributed by atoms with E-state index < -0.39 is 27.4 Å². The van der Waals surface area contributed by atoms with Crippen LogP contribution in [-0.4, -0.2) is 45.0 Å². The minimum absolute atomic E-state index is 0.00784. The molecule has 0 radical (unpaired) electrons. The smallest absolute Gasteiger partial charge is 0.271 e. The second-order valence-electron chi connectivity index (χ2n) is 7.04. The van der Waals surface area contributed by atoms with Crippen LogP contribution in [0.5, 0.6) is 0 Å². The molecule has 0 aromatic heterocycles. The van der Waals surface area contributed by atoms with Crippen LogP contribution < -0.4 is 9.62 Å². The van der Waals surface area contributed by atoms with Gasteiger partial charge in [0, 0.05) is 25.3 Å². The molecule has 0 saturated carbocycles. The summed E-state index contributed by atoms with van der Waals surface area (Å²) in [5.41, 5.74) is 0.651. The summed E-state index contributed by atoms with van der Waals surface area (Å²) in [4.78, 5) is 23.1. The maximum Gasteiger partial charge on any atom is 0.271 e. The Morgan fingerprint density at radius 2 is 2.00 bits per heavy atom. The summed E-state index contributed by atoms with van der Waals surface area (Å²) in [6.45, 7) is 2.24. The minimum Gasteiger partial charge on any atom is -0.376 e. The van der Waals surface area contributed by atoms with Crippen LogP contribution in [-0.2, 0) is 19.6 Å². The number of benzene rings is 2. The van der Waals surface area contributed by atoms with Gasteiger partial charge in [-0.3, -0.25) is 19.2 Å². The fraction of sp³-hybridized carbons (Fsp3) is 0.350. The van der Waals surface area contributed by atoms with Gasteiger partial charge in [-0.05, 0) is 38.0 Å². The number of nitrogens with one attached hydrogen (secondary N) is 1. The van der Waals surface area contributed by atoms with Gasteiger partial charge in [0.2, 0.25) is 5.91 Å². The molecule has 1 aliphatic heterocycles. The van der Waals surface area contributed by atoms with E-state index in [1.54, 1.807) is 12.1 Å². The Morgan fingerprint density at radius 1 is 1.27 bits per heavy atom. The van der Waals surface area contributed by atoms with Gasteiger partial charge in [-0.2, -0.15) is 0 Å². The van der Waals surface area contributed by atoms with E-state index in [1.807, 2.05) is 6.92 Å². The van der Waals surface area contributed by atoms with Gasteiger partial charge in [-0.1, -0.05) is 23.8 Å².